The summed E-state index contributed by atoms with van der Waals surface area (Å²) in [4.78, 5) is 29.2. The number of fused-ring (bicyclic) bond motifs is 1. The summed E-state index contributed by atoms with van der Waals surface area (Å²) in [6.07, 6.45) is 1.19. The predicted octanol–water partition coefficient (Wildman–Crippen LogP) is 3.87. The van der Waals surface area contributed by atoms with Gasteiger partial charge in [-0.3, -0.25) is 4.57 Å². The highest BCUT2D eigenvalue weighted by atomic mass is 16.6. The Morgan fingerprint density at radius 1 is 1.14 bits per heavy atom. The molecule has 1 aliphatic rings. The van der Waals surface area contributed by atoms with E-state index in [-0.39, 0.29) is 17.8 Å². The molecule has 2 N–H and O–H groups in total. The molecule has 146 valence electrons. The van der Waals surface area contributed by atoms with Gasteiger partial charge in [0.05, 0.1) is 17.6 Å². The lowest BCUT2D eigenvalue weighted by molar-refractivity contribution is 0.0928. The van der Waals surface area contributed by atoms with Gasteiger partial charge in [-0.15, -0.1) is 0 Å². The molecule has 0 unspecified atom stereocenters. The number of anilines is 2. The highest BCUT2D eigenvalue weighted by Crippen LogP contribution is 2.27. The number of hydrogen-bond acceptors (Lipinski definition) is 4. The van der Waals surface area contributed by atoms with Crippen LogP contribution in [0.2, 0.25) is 0 Å². The zero-order chi connectivity index (χ0) is 19.5. The number of rotatable bonds is 4. The Balaban J connectivity index is 1.53. The van der Waals surface area contributed by atoms with Crippen molar-refractivity contribution < 1.29 is 9.53 Å². The van der Waals surface area contributed by atoms with Crippen molar-refractivity contribution in [3.8, 4) is 0 Å². The van der Waals surface area contributed by atoms with Crippen molar-refractivity contribution in [3.05, 3.63) is 59.0 Å². The van der Waals surface area contributed by atoms with E-state index in [1.807, 2.05) is 53.1 Å². The van der Waals surface area contributed by atoms with Crippen LogP contribution in [0, 0.1) is 0 Å². The Hall–Kier alpha value is -3.22. The van der Waals surface area contributed by atoms with Gasteiger partial charge in [0.15, 0.2) is 0 Å². The molecule has 7 heteroatoms. The Morgan fingerprint density at radius 2 is 1.89 bits per heavy atom. The third kappa shape index (κ3) is 3.60. The van der Waals surface area contributed by atoms with E-state index in [0.717, 1.165) is 35.2 Å². The highest BCUT2D eigenvalue weighted by Gasteiger charge is 2.26. The molecule has 3 aromatic rings. The second-order valence-electron chi connectivity index (χ2n) is 6.94. The largest absolute Gasteiger partial charge is 0.450 e. The van der Waals surface area contributed by atoms with Crippen molar-refractivity contribution in [1.82, 2.24) is 14.5 Å². The molecule has 0 spiro atoms. The molecule has 1 amide bonds. The van der Waals surface area contributed by atoms with Crippen LogP contribution in [-0.2, 0) is 4.74 Å². The Labute approximate surface area is 162 Å². The average molecular weight is 380 g/mol. The molecule has 2 heterocycles. The number of aromatic nitrogens is 2. The minimum Gasteiger partial charge on any atom is -0.450 e. The molecular weight excluding hydrogens is 356 g/mol. The normalized spacial score (nSPS) is 15.0. The van der Waals surface area contributed by atoms with Gasteiger partial charge in [0.25, 0.3) is 0 Å². The number of ether oxygens (including phenoxy) is 1. The second-order valence-corrected chi connectivity index (χ2v) is 6.94. The number of hydrogen-bond donors (Lipinski definition) is 2. The SMILES string of the molecule is CCOC(=O)N1CCC(n2c(=O)[nH]c3cc(Nc4ccccc4)ccc32)CC1. The number of para-hydroxylation sites is 1. The number of carbonyl (C=O) groups is 1. The zero-order valence-corrected chi connectivity index (χ0v) is 15.9. The van der Waals surface area contributed by atoms with E-state index >= 15 is 0 Å². The maximum atomic E-state index is 12.6. The molecule has 1 saturated heterocycles. The fourth-order valence-electron chi connectivity index (χ4n) is 3.78. The van der Waals surface area contributed by atoms with Crippen molar-refractivity contribution in [3.63, 3.8) is 0 Å². The molecule has 0 atom stereocenters. The first kappa shape index (κ1) is 18.2. The number of piperidine rings is 1. The molecule has 7 nitrogen and oxygen atoms in total. The number of imidazole rings is 1. The maximum Gasteiger partial charge on any atom is 0.409 e. The van der Waals surface area contributed by atoms with Gasteiger partial charge in [0.2, 0.25) is 0 Å². The molecule has 1 aromatic heterocycles. The van der Waals surface area contributed by atoms with E-state index in [2.05, 4.69) is 10.3 Å². The maximum absolute atomic E-state index is 12.6. The summed E-state index contributed by atoms with van der Waals surface area (Å²) in [7, 11) is 0. The highest BCUT2D eigenvalue weighted by molar-refractivity contribution is 5.81. The lowest BCUT2D eigenvalue weighted by atomic mass is 10.0. The topological polar surface area (TPSA) is 79.4 Å². The molecule has 4 rings (SSSR count). The number of aromatic amines is 1. The number of nitrogens with zero attached hydrogens (tertiary/aromatic N) is 2. The third-order valence-electron chi connectivity index (χ3n) is 5.13. The van der Waals surface area contributed by atoms with Crippen molar-refractivity contribution in [1.29, 1.82) is 0 Å². The second kappa shape index (κ2) is 7.80. The molecule has 0 saturated carbocycles. The molecule has 2 aromatic carbocycles. The summed E-state index contributed by atoms with van der Waals surface area (Å²) >= 11 is 0. The summed E-state index contributed by atoms with van der Waals surface area (Å²) in [5.41, 5.74) is 3.50. The average Bonchev–Trinajstić information content (AvgIpc) is 3.04. The van der Waals surface area contributed by atoms with Crippen LogP contribution in [0.4, 0.5) is 16.2 Å². The van der Waals surface area contributed by atoms with Crippen molar-refractivity contribution >= 4 is 28.5 Å². The van der Waals surface area contributed by atoms with Gasteiger partial charge < -0.3 is 19.9 Å². The number of H-pyrrole nitrogens is 1. The standard InChI is InChI=1S/C21H24N4O3/c1-2-28-21(27)24-12-10-17(11-13-24)25-19-9-8-16(14-18(19)23-20(25)26)22-15-6-4-3-5-7-15/h3-9,14,17,22H,2,10-13H2,1H3,(H,23,26). The van der Waals surface area contributed by atoms with Crippen LogP contribution < -0.4 is 11.0 Å². The van der Waals surface area contributed by atoms with Gasteiger partial charge >= 0.3 is 11.8 Å². The van der Waals surface area contributed by atoms with E-state index in [9.17, 15) is 9.59 Å². The fourth-order valence-corrected chi connectivity index (χ4v) is 3.78. The van der Waals surface area contributed by atoms with Crippen LogP contribution >= 0.6 is 0 Å². The molecule has 0 radical (unpaired) electrons. The third-order valence-corrected chi connectivity index (χ3v) is 5.13. The van der Waals surface area contributed by atoms with Gasteiger partial charge in [-0.1, -0.05) is 18.2 Å². The van der Waals surface area contributed by atoms with E-state index in [0.29, 0.717) is 19.7 Å². The molecule has 0 aliphatic carbocycles. The van der Waals surface area contributed by atoms with Crippen LogP contribution in [0.1, 0.15) is 25.8 Å². The summed E-state index contributed by atoms with van der Waals surface area (Å²) < 4.78 is 6.89. The van der Waals surface area contributed by atoms with Gasteiger partial charge in [0.1, 0.15) is 0 Å². The molecule has 0 bridgehead atoms. The number of benzene rings is 2. The number of likely N-dealkylation sites (tertiary alicyclic amines) is 1. The Kier molecular flexibility index (Phi) is 5.06. The molecular formula is C21H24N4O3. The summed E-state index contributed by atoms with van der Waals surface area (Å²) in [6.45, 7) is 3.36. The smallest absolute Gasteiger partial charge is 0.409 e. The van der Waals surface area contributed by atoms with E-state index in [1.165, 1.54) is 0 Å². The van der Waals surface area contributed by atoms with Gasteiger partial charge in [-0.05, 0) is 50.1 Å². The lowest BCUT2D eigenvalue weighted by Crippen LogP contribution is -2.40. The minimum atomic E-state index is -0.274. The number of amides is 1. The number of nitrogens with one attached hydrogen (secondary N) is 2. The van der Waals surface area contributed by atoms with E-state index < -0.39 is 0 Å². The molecule has 1 fully saturated rings. The summed E-state index contributed by atoms with van der Waals surface area (Å²) in [6, 6.07) is 15.9. The van der Waals surface area contributed by atoms with Crippen LogP contribution in [0.25, 0.3) is 11.0 Å². The van der Waals surface area contributed by atoms with Crippen LogP contribution in [0.15, 0.2) is 53.3 Å². The fraction of sp³-hybridized carbons (Fsp3) is 0.333. The van der Waals surface area contributed by atoms with Crippen molar-refractivity contribution in [2.45, 2.75) is 25.8 Å². The van der Waals surface area contributed by atoms with Gasteiger partial charge in [-0.2, -0.15) is 0 Å². The van der Waals surface area contributed by atoms with Crippen molar-refractivity contribution in [2.24, 2.45) is 0 Å². The van der Waals surface area contributed by atoms with E-state index in [1.54, 1.807) is 11.8 Å². The molecule has 1 aliphatic heterocycles. The van der Waals surface area contributed by atoms with Crippen LogP contribution in [0.5, 0.6) is 0 Å². The monoisotopic (exact) mass is 380 g/mol. The van der Waals surface area contributed by atoms with E-state index in [4.69, 9.17) is 4.74 Å². The zero-order valence-electron chi connectivity index (χ0n) is 15.9. The van der Waals surface area contributed by atoms with Crippen LogP contribution in [0.3, 0.4) is 0 Å². The Bertz CT molecular complexity index is 1020. The quantitative estimate of drug-likeness (QED) is 0.720. The van der Waals surface area contributed by atoms with Gasteiger partial charge in [0, 0.05) is 30.5 Å². The first-order chi connectivity index (χ1) is 13.7. The minimum absolute atomic E-state index is 0.0693. The summed E-state index contributed by atoms with van der Waals surface area (Å²) in [5, 5.41) is 3.35. The molecule has 28 heavy (non-hydrogen) atoms. The lowest BCUT2D eigenvalue weighted by Gasteiger charge is -2.31. The number of carbonyl (C=O) groups excluding carboxylic acids is 1. The van der Waals surface area contributed by atoms with Crippen molar-refractivity contribution in [2.75, 3.05) is 25.0 Å². The predicted molar refractivity (Wildman–Crippen MR) is 109 cm³/mol. The first-order valence-electron chi connectivity index (χ1n) is 9.63. The summed E-state index contributed by atoms with van der Waals surface area (Å²) in [5.74, 6) is 0. The van der Waals surface area contributed by atoms with Gasteiger partial charge in [-0.25, -0.2) is 9.59 Å². The first-order valence-corrected chi connectivity index (χ1v) is 9.63. The van der Waals surface area contributed by atoms with Crippen LogP contribution in [-0.4, -0.2) is 40.2 Å². The Morgan fingerprint density at radius 3 is 2.61 bits per heavy atom.